The molecule has 3 heterocycles. The van der Waals surface area contributed by atoms with Crippen molar-refractivity contribution >= 4 is 5.97 Å². The Morgan fingerprint density at radius 3 is 2.48 bits per heavy atom. The van der Waals surface area contributed by atoms with E-state index in [1.165, 1.54) is 51.4 Å². The standard InChI is InChI=1S/C39H63NO6/c1-24(2)16-32(41)44-22-27-17-25(3)34-28(45-27)18-37(7)30-9-8-29-35(4,5)31(46-33-19-40(14-15-43-33)26-20-42-21-26)10-11-38(29)23-39(30,38)13-12-36(34,37)6/h24-31,33-34H,8-23H2,1-7H3/t25-,27?,28?,29?,30?,31?,33?,34?,36?,37+,38?,39?/m1/s1. The van der Waals surface area contributed by atoms with Crippen LogP contribution >= 0.6 is 0 Å². The fraction of sp³-hybridized carbons (Fsp3) is 0.974. The monoisotopic (exact) mass is 641 g/mol. The summed E-state index contributed by atoms with van der Waals surface area (Å²) in [4.78, 5) is 14.9. The molecule has 3 aliphatic heterocycles. The smallest absolute Gasteiger partial charge is 0.306 e. The Labute approximate surface area is 278 Å². The van der Waals surface area contributed by atoms with Crippen molar-refractivity contribution in [3.63, 3.8) is 0 Å². The number of esters is 1. The maximum absolute atomic E-state index is 12.3. The third kappa shape index (κ3) is 4.63. The quantitative estimate of drug-likeness (QED) is 0.282. The number of hydrogen-bond acceptors (Lipinski definition) is 7. The van der Waals surface area contributed by atoms with Crippen molar-refractivity contribution in [2.24, 2.45) is 56.7 Å². The molecule has 8 rings (SSSR count). The van der Waals surface area contributed by atoms with Gasteiger partial charge in [0, 0.05) is 13.0 Å². The molecule has 0 aromatic rings. The second-order valence-electron chi connectivity index (χ2n) is 19.0. The molecule has 12 atom stereocenters. The van der Waals surface area contributed by atoms with Crippen molar-refractivity contribution in [1.29, 1.82) is 0 Å². The van der Waals surface area contributed by atoms with Crippen molar-refractivity contribution in [3.8, 4) is 0 Å². The van der Waals surface area contributed by atoms with Crippen LogP contribution in [0.5, 0.6) is 0 Å². The van der Waals surface area contributed by atoms with Gasteiger partial charge in [-0.1, -0.05) is 48.5 Å². The van der Waals surface area contributed by atoms with Gasteiger partial charge in [-0.05, 0) is 114 Å². The molecule has 8 fully saturated rings. The van der Waals surface area contributed by atoms with E-state index in [1.54, 1.807) is 0 Å². The fourth-order valence-electron chi connectivity index (χ4n) is 14.0. The first kappa shape index (κ1) is 32.5. The topological polar surface area (TPSA) is 66.5 Å². The van der Waals surface area contributed by atoms with E-state index in [0.717, 1.165) is 51.2 Å². The molecule has 2 spiro atoms. The van der Waals surface area contributed by atoms with Gasteiger partial charge in [-0.25, -0.2) is 0 Å². The van der Waals surface area contributed by atoms with E-state index in [0.29, 0.717) is 58.5 Å². The molecule has 7 nitrogen and oxygen atoms in total. The molecule has 5 aliphatic carbocycles. The van der Waals surface area contributed by atoms with E-state index in [2.05, 4.69) is 53.4 Å². The molecule has 0 amide bonds. The van der Waals surface area contributed by atoms with Crippen molar-refractivity contribution in [3.05, 3.63) is 0 Å². The normalized spacial score (nSPS) is 51.2. The number of rotatable bonds is 7. The van der Waals surface area contributed by atoms with Crippen LogP contribution in [0.2, 0.25) is 0 Å². The molecule has 5 saturated carbocycles. The summed E-state index contributed by atoms with van der Waals surface area (Å²) in [7, 11) is 0. The van der Waals surface area contributed by atoms with Gasteiger partial charge in [0.15, 0.2) is 6.29 Å². The maximum Gasteiger partial charge on any atom is 0.306 e. The van der Waals surface area contributed by atoms with Crippen molar-refractivity contribution in [2.45, 2.75) is 143 Å². The van der Waals surface area contributed by atoms with Crippen molar-refractivity contribution < 1.29 is 28.5 Å². The summed E-state index contributed by atoms with van der Waals surface area (Å²) >= 11 is 0. The van der Waals surface area contributed by atoms with Crippen LogP contribution in [0, 0.1) is 56.7 Å². The van der Waals surface area contributed by atoms with E-state index in [-0.39, 0.29) is 36.0 Å². The largest absolute Gasteiger partial charge is 0.463 e. The number of morpholine rings is 1. The van der Waals surface area contributed by atoms with E-state index < -0.39 is 0 Å². The highest BCUT2D eigenvalue weighted by molar-refractivity contribution is 5.69. The van der Waals surface area contributed by atoms with Gasteiger partial charge < -0.3 is 23.7 Å². The van der Waals surface area contributed by atoms with E-state index in [1.807, 2.05) is 0 Å². The summed E-state index contributed by atoms with van der Waals surface area (Å²) in [6.07, 6.45) is 12.5. The molecular weight excluding hydrogens is 578 g/mol. The lowest BCUT2D eigenvalue weighted by atomic mass is 9.41. The number of hydrogen-bond donors (Lipinski definition) is 0. The van der Waals surface area contributed by atoms with Crippen LogP contribution < -0.4 is 0 Å². The summed E-state index contributed by atoms with van der Waals surface area (Å²) < 4.78 is 31.3. The van der Waals surface area contributed by atoms with E-state index in [4.69, 9.17) is 23.7 Å². The second-order valence-corrected chi connectivity index (χ2v) is 19.0. The van der Waals surface area contributed by atoms with Crippen LogP contribution in [0.4, 0.5) is 0 Å². The highest BCUT2D eigenvalue weighted by Gasteiger charge is 2.83. The number of carbonyl (C=O) groups is 1. The Morgan fingerprint density at radius 2 is 1.74 bits per heavy atom. The van der Waals surface area contributed by atoms with E-state index in [9.17, 15) is 4.79 Å². The zero-order valence-electron chi connectivity index (χ0n) is 30.0. The predicted octanol–water partition coefficient (Wildman–Crippen LogP) is 6.86. The Kier molecular flexibility index (Phi) is 7.86. The van der Waals surface area contributed by atoms with Gasteiger partial charge in [-0.15, -0.1) is 0 Å². The SMILES string of the molecule is CC(C)CC(=O)OCC1C[C@@H](C)C2C(C[C@@]3(C)C4CCC5C(C)(C)C(OC6CN(C7COC7)CCO6)CCC56CC46CCC23C)O1. The molecule has 46 heavy (non-hydrogen) atoms. The maximum atomic E-state index is 12.3. The Bertz CT molecular complexity index is 1190. The molecule has 0 radical (unpaired) electrons. The lowest BCUT2D eigenvalue weighted by Gasteiger charge is -2.63. The summed E-state index contributed by atoms with van der Waals surface area (Å²) in [5, 5.41) is 0. The molecule has 0 bridgehead atoms. The van der Waals surface area contributed by atoms with Crippen LogP contribution in [0.25, 0.3) is 0 Å². The Balaban J connectivity index is 0.965. The van der Waals surface area contributed by atoms with Gasteiger partial charge in [0.25, 0.3) is 0 Å². The lowest BCUT2D eigenvalue weighted by molar-refractivity contribution is -0.255. The summed E-state index contributed by atoms with van der Waals surface area (Å²) in [5.74, 6) is 2.96. The van der Waals surface area contributed by atoms with Crippen LogP contribution in [0.3, 0.4) is 0 Å². The fourth-order valence-corrected chi connectivity index (χ4v) is 14.0. The summed E-state index contributed by atoms with van der Waals surface area (Å²) in [6, 6.07) is 0.545. The van der Waals surface area contributed by atoms with Gasteiger partial charge in [0.1, 0.15) is 6.61 Å². The number of fused-ring (bicyclic) bond motifs is 4. The zero-order valence-corrected chi connectivity index (χ0v) is 30.0. The molecule has 7 heteroatoms. The second kappa shape index (κ2) is 11.1. The molecule has 0 aromatic carbocycles. The van der Waals surface area contributed by atoms with Crippen LogP contribution in [0.15, 0.2) is 0 Å². The number of nitrogens with zero attached hydrogens (tertiary/aromatic N) is 1. The highest BCUT2D eigenvalue weighted by Crippen LogP contribution is 2.89. The zero-order chi connectivity index (χ0) is 32.3. The average Bonchev–Trinajstić information content (AvgIpc) is 3.55. The van der Waals surface area contributed by atoms with Gasteiger partial charge in [0.05, 0.1) is 50.7 Å². The van der Waals surface area contributed by atoms with Crippen molar-refractivity contribution in [1.82, 2.24) is 4.90 Å². The average molecular weight is 642 g/mol. The molecular formula is C39H63NO6. The van der Waals surface area contributed by atoms with Crippen LogP contribution in [0.1, 0.15) is 113 Å². The van der Waals surface area contributed by atoms with Crippen LogP contribution in [-0.4, -0.2) is 81.0 Å². The summed E-state index contributed by atoms with van der Waals surface area (Å²) in [5.41, 5.74) is 1.75. The molecule has 10 unspecified atom stereocenters. The molecule has 260 valence electrons. The minimum atomic E-state index is -0.113. The molecule has 0 N–H and O–H groups in total. The van der Waals surface area contributed by atoms with E-state index >= 15 is 0 Å². The number of ether oxygens (including phenoxy) is 5. The van der Waals surface area contributed by atoms with Crippen molar-refractivity contribution in [2.75, 3.05) is 39.5 Å². The third-order valence-corrected chi connectivity index (χ3v) is 16.2. The van der Waals surface area contributed by atoms with Gasteiger partial charge >= 0.3 is 5.97 Å². The Morgan fingerprint density at radius 1 is 0.978 bits per heavy atom. The predicted molar refractivity (Wildman–Crippen MR) is 176 cm³/mol. The minimum absolute atomic E-state index is 0.0371. The minimum Gasteiger partial charge on any atom is -0.463 e. The molecule has 3 saturated heterocycles. The third-order valence-electron chi connectivity index (χ3n) is 16.2. The van der Waals surface area contributed by atoms with Gasteiger partial charge in [-0.3, -0.25) is 9.69 Å². The van der Waals surface area contributed by atoms with Gasteiger partial charge in [0.2, 0.25) is 0 Å². The first-order chi connectivity index (χ1) is 21.8. The Hall–Kier alpha value is -0.730. The highest BCUT2D eigenvalue weighted by atomic mass is 16.7. The number of carbonyl (C=O) groups excluding carboxylic acids is 1. The summed E-state index contributed by atoms with van der Waals surface area (Å²) in [6.45, 7) is 21.8. The lowest BCUT2D eigenvalue weighted by Crippen LogP contribution is -2.59. The van der Waals surface area contributed by atoms with Crippen LogP contribution in [-0.2, 0) is 28.5 Å². The first-order valence-corrected chi connectivity index (χ1v) is 19.2. The first-order valence-electron chi connectivity index (χ1n) is 19.2. The molecule has 0 aromatic heterocycles. The van der Waals surface area contributed by atoms with Gasteiger partial charge in [-0.2, -0.15) is 0 Å². The molecule has 8 aliphatic rings.